The molecular formula is C18H27N3. The van der Waals surface area contributed by atoms with Gasteiger partial charge in [0.05, 0.1) is 0 Å². The van der Waals surface area contributed by atoms with Crippen LogP contribution in [-0.4, -0.2) is 30.7 Å². The SMILES string of the molecule is c1cc(CC2CCCCC2)c2c(n1)N1CCNC[C@H]1CC2. The molecule has 1 saturated heterocycles. The Balaban J connectivity index is 1.58. The van der Waals surface area contributed by atoms with Crippen LogP contribution in [0.5, 0.6) is 0 Å². The first-order valence-electron chi connectivity index (χ1n) is 8.86. The van der Waals surface area contributed by atoms with E-state index in [1.807, 2.05) is 0 Å². The van der Waals surface area contributed by atoms with Crippen molar-refractivity contribution in [1.82, 2.24) is 10.3 Å². The van der Waals surface area contributed by atoms with Gasteiger partial charge >= 0.3 is 0 Å². The van der Waals surface area contributed by atoms with Crippen molar-refractivity contribution in [3.05, 3.63) is 23.4 Å². The highest BCUT2D eigenvalue weighted by Gasteiger charge is 2.30. The third kappa shape index (κ3) is 2.68. The molecule has 2 fully saturated rings. The van der Waals surface area contributed by atoms with Crippen LogP contribution in [0.4, 0.5) is 5.82 Å². The third-order valence-electron chi connectivity index (χ3n) is 5.71. The predicted molar refractivity (Wildman–Crippen MR) is 86.8 cm³/mol. The quantitative estimate of drug-likeness (QED) is 0.905. The van der Waals surface area contributed by atoms with E-state index in [2.05, 4.69) is 22.5 Å². The minimum absolute atomic E-state index is 0.670. The van der Waals surface area contributed by atoms with Crippen LogP contribution in [0.25, 0.3) is 0 Å². The van der Waals surface area contributed by atoms with Crippen molar-refractivity contribution in [1.29, 1.82) is 0 Å². The molecule has 0 unspecified atom stereocenters. The fraction of sp³-hybridized carbons (Fsp3) is 0.722. The Labute approximate surface area is 128 Å². The van der Waals surface area contributed by atoms with Gasteiger partial charge in [0.2, 0.25) is 0 Å². The second kappa shape index (κ2) is 5.96. The number of hydrogen-bond donors (Lipinski definition) is 1. The molecule has 3 nitrogen and oxygen atoms in total. The number of anilines is 1. The maximum atomic E-state index is 4.76. The number of fused-ring (bicyclic) bond motifs is 3. The van der Waals surface area contributed by atoms with E-state index in [4.69, 9.17) is 4.98 Å². The van der Waals surface area contributed by atoms with Gasteiger partial charge in [0, 0.05) is 31.9 Å². The fourth-order valence-corrected chi connectivity index (χ4v) is 4.54. The molecule has 1 atom stereocenters. The van der Waals surface area contributed by atoms with Crippen LogP contribution >= 0.6 is 0 Å². The molecule has 1 aromatic rings. The lowest BCUT2D eigenvalue weighted by Crippen LogP contribution is -2.53. The monoisotopic (exact) mass is 285 g/mol. The molecule has 4 rings (SSSR count). The molecule has 2 aliphatic heterocycles. The minimum atomic E-state index is 0.670. The van der Waals surface area contributed by atoms with Gasteiger partial charge in [-0.25, -0.2) is 4.98 Å². The Hall–Kier alpha value is -1.09. The first kappa shape index (κ1) is 13.6. The average molecular weight is 285 g/mol. The van der Waals surface area contributed by atoms with E-state index < -0.39 is 0 Å². The maximum absolute atomic E-state index is 4.76. The molecule has 21 heavy (non-hydrogen) atoms. The van der Waals surface area contributed by atoms with Gasteiger partial charge in [-0.3, -0.25) is 0 Å². The Morgan fingerprint density at radius 2 is 2.10 bits per heavy atom. The highest BCUT2D eigenvalue weighted by molar-refractivity contribution is 5.54. The molecule has 0 amide bonds. The molecule has 0 radical (unpaired) electrons. The summed E-state index contributed by atoms with van der Waals surface area (Å²) >= 11 is 0. The molecule has 0 aromatic carbocycles. The standard InChI is InChI=1S/C18H27N3/c1-2-4-14(5-3-1)12-15-8-9-20-18-17(15)7-6-16-13-19-10-11-21(16)18/h8-9,14,16,19H,1-7,10-13H2/t16-/m1/s1. The van der Waals surface area contributed by atoms with Gasteiger partial charge in [0.25, 0.3) is 0 Å². The Bertz CT molecular complexity index is 493. The lowest BCUT2D eigenvalue weighted by Gasteiger charge is -2.42. The van der Waals surface area contributed by atoms with Crippen LogP contribution in [0.2, 0.25) is 0 Å². The number of pyridine rings is 1. The first-order valence-corrected chi connectivity index (χ1v) is 8.86. The van der Waals surface area contributed by atoms with Crippen LogP contribution in [0.1, 0.15) is 49.7 Å². The summed E-state index contributed by atoms with van der Waals surface area (Å²) in [6, 6.07) is 2.97. The second-order valence-corrected chi connectivity index (χ2v) is 7.07. The van der Waals surface area contributed by atoms with Crippen molar-refractivity contribution < 1.29 is 0 Å². The van der Waals surface area contributed by atoms with E-state index in [1.54, 1.807) is 11.1 Å². The van der Waals surface area contributed by atoms with Gasteiger partial charge in [-0.1, -0.05) is 32.1 Å². The van der Waals surface area contributed by atoms with Crippen LogP contribution < -0.4 is 10.2 Å². The summed E-state index contributed by atoms with van der Waals surface area (Å²) in [4.78, 5) is 7.32. The van der Waals surface area contributed by atoms with Crippen molar-refractivity contribution in [2.24, 2.45) is 5.92 Å². The number of hydrogen-bond acceptors (Lipinski definition) is 3. The molecule has 1 aliphatic carbocycles. The van der Waals surface area contributed by atoms with Crippen molar-refractivity contribution in [2.45, 2.75) is 57.4 Å². The van der Waals surface area contributed by atoms with Crippen LogP contribution in [-0.2, 0) is 12.8 Å². The summed E-state index contributed by atoms with van der Waals surface area (Å²) in [5.74, 6) is 2.23. The number of piperazine rings is 1. The lowest BCUT2D eigenvalue weighted by molar-refractivity contribution is 0.355. The van der Waals surface area contributed by atoms with Crippen LogP contribution in [0, 0.1) is 5.92 Å². The minimum Gasteiger partial charge on any atom is -0.351 e. The normalized spacial score (nSPS) is 26.3. The molecule has 1 N–H and O–H groups in total. The van der Waals surface area contributed by atoms with Crippen molar-refractivity contribution in [3.8, 4) is 0 Å². The second-order valence-electron chi connectivity index (χ2n) is 7.07. The van der Waals surface area contributed by atoms with E-state index in [9.17, 15) is 0 Å². The van der Waals surface area contributed by atoms with E-state index in [-0.39, 0.29) is 0 Å². The molecule has 3 aliphatic rings. The summed E-state index contributed by atoms with van der Waals surface area (Å²) in [6.45, 7) is 3.36. The van der Waals surface area contributed by atoms with Gasteiger partial charge in [0.1, 0.15) is 5.82 Å². The Morgan fingerprint density at radius 1 is 1.19 bits per heavy atom. The van der Waals surface area contributed by atoms with E-state index >= 15 is 0 Å². The number of aromatic nitrogens is 1. The van der Waals surface area contributed by atoms with Gasteiger partial charge in [0.15, 0.2) is 0 Å². The number of nitrogens with one attached hydrogen (secondary N) is 1. The predicted octanol–water partition coefficient (Wildman–Crippen LogP) is 2.93. The third-order valence-corrected chi connectivity index (χ3v) is 5.71. The van der Waals surface area contributed by atoms with Gasteiger partial charge in [-0.15, -0.1) is 0 Å². The van der Waals surface area contributed by atoms with Gasteiger partial charge in [-0.05, 0) is 42.4 Å². The Kier molecular flexibility index (Phi) is 3.85. The zero-order valence-corrected chi connectivity index (χ0v) is 13.0. The van der Waals surface area contributed by atoms with Crippen molar-refractivity contribution in [2.75, 3.05) is 24.5 Å². The molecule has 3 heterocycles. The number of rotatable bonds is 2. The van der Waals surface area contributed by atoms with E-state index in [1.165, 1.54) is 57.2 Å². The molecule has 1 aromatic heterocycles. The molecule has 0 bridgehead atoms. The molecule has 1 saturated carbocycles. The van der Waals surface area contributed by atoms with E-state index in [0.717, 1.165) is 25.6 Å². The largest absolute Gasteiger partial charge is 0.351 e. The van der Waals surface area contributed by atoms with Crippen LogP contribution in [0.3, 0.4) is 0 Å². The molecular weight excluding hydrogens is 258 g/mol. The highest BCUT2D eigenvalue weighted by Crippen LogP contribution is 2.34. The molecule has 0 spiro atoms. The summed E-state index contributed by atoms with van der Waals surface area (Å²) in [7, 11) is 0. The zero-order chi connectivity index (χ0) is 14.1. The topological polar surface area (TPSA) is 28.2 Å². The summed E-state index contributed by atoms with van der Waals surface area (Å²) in [6.07, 6.45) is 13.1. The number of nitrogens with zero attached hydrogens (tertiary/aromatic N) is 2. The van der Waals surface area contributed by atoms with E-state index in [0.29, 0.717) is 6.04 Å². The summed E-state index contributed by atoms with van der Waals surface area (Å²) in [5, 5.41) is 3.53. The summed E-state index contributed by atoms with van der Waals surface area (Å²) in [5.41, 5.74) is 3.17. The lowest BCUT2D eigenvalue weighted by atomic mass is 9.82. The molecule has 3 heteroatoms. The Morgan fingerprint density at radius 3 is 3.00 bits per heavy atom. The van der Waals surface area contributed by atoms with Crippen LogP contribution in [0.15, 0.2) is 12.3 Å². The fourth-order valence-electron chi connectivity index (χ4n) is 4.54. The van der Waals surface area contributed by atoms with Crippen molar-refractivity contribution in [3.63, 3.8) is 0 Å². The van der Waals surface area contributed by atoms with Crippen molar-refractivity contribution >= 4 is 5.82 Å². The van der Waals surface area contributed by atoms with Gasteiger partial charge < -0.3 is 10.2 Å². The summed E-state index contributed by atoms with van der Waals surface area (Å²) < 4.78 is 0. The smallest absolute Gasteiger partial charge is 0.132 e. The van der Waals surface area contributed by atoms with Gasteiger partial charge in [-0.2, -0.15) is 0 Å². The molecule has 114 valence electrons. The first-order chi connectivity index (χ1) is 10.4. The maximum Gasteiger partial charge on any atom is 0.132 e. The zero-order valence-electron chi connectivity index (χ0n) is 13.0. The highest BCUT2D eigenvalue weighted by atomic mass is 15.3. The average Bonchev–Trinajstić information content (AvgIpc) is 2.56.